The second-order valence-corrected chi connectivity index (χ2v) is 7.05. The molecule has 26 heavy (non-hydrogen) atoms. The van der Waals surface area contributed by atoms with E-state index in [4.69, 9.17) is 4.98 Å². The lowest BCUT2D eigenvalue weighted by Gasteiger charge is -2.22. The third-order valence-corrected chi connectivity index (χ3v) is 5.14. The number of likely N-dealkylation sites (tertiary alicyclic amines) is 1. The van der Waals surface area contributed by atoms with Crippen LogP contribution in [0.1, 0.15) is 43.5 Å². The SMILES string of the molecule is CCCn1cc(-c2cc(C(=O)N3CCC[C@@H]3C)c3ccccc3n2)cn1. The van der Waals surface area contributed by atoms with Crippen LogP contribution >= 0.6 is 0 Å². The summed E-state index contributed by atoms with van der Waals surface area (Å²) >= 11 is 0. The van der Waals surface area contributed by atoms with Gasteiger partial charge in [-0.1, -0.05) is 25.1 Å². The number of hydrogen-bond donors (Lipinski definition) is 0. The van der Waals surface area contributed by atoms with Gasteiger partial charge in [0.1, 0.15) is 0 Å². The molecule has 0 unspecified atom stereocenters. The molecule has 1 fully saturated rings. The van der Waals surface area contributed by atoms with Gasteiger partial charge in [-0.05, 0) is 38.3 Å². The van der Waals surface area contributed by atoms with Crippen molar-refractivity contribution in [3.05, 3.63) is 48.3 Å². The van der Waals surface area contributed by atoms with Gasteiger partial charge < -0.3 is 4.90 Å². The average Bonchev–Trinajstić information content (AvgIpc) is 3.29. The van der Waals surface area contributed by atoms with Gasteiger partial charge in [-0.25, -0.2) is 4.98 Å². The third kappa shape index (κ3) is 2.98. The lowest BCUT2D eigenvalue weighted by Crippen LogP contribution is -2.33. The normalized spacial score (nSPS) is 17.2. The predicted octanol–water partition coefficient (Wildman–Crippen LogP) is 4.13. The predicted molar refractivity (Wildman–Crippen MR) is 103 cm³/mol. The lowest BCUT2D eigenvalue weighted by molar-refractivity contribution is 0.0749. The minimum Gasteiger partial charge on any atom is -0.336 e. The van der Waals surface area contributed by atoms with Gasteiger partial charge in [-0.2, -0.15) is 5.10 Å². The van der Waals surface area contributed by atoms with Crippen LogP contribution in [-0.2, 0) is 6.54 Å². The highest BCUT2D eigenvalue weighted by atomic mass is 16.2. The van der Waals surface area contributed by atoms with Crippen LogP contribution < -0.4 is 0 Å². The van der Waals surface area contributed by atoms with Gasteiger partial charge in [0.2, 0.25) is 0 Å². The number of carbonyl (C=O) groups excluding carboxylic acids is 1. The van der Waals surface area contributed by atoms with Crippen molar-refractivity contribution in [2.75, 3.05) is 6.54 Å². The molecular weight excluding hydrogens is 324 g/mol. The Kier molecular flexibility index (Phi) is 4.45. The number of carbonyl (C=O) groups is 1. The largest absolute Gasteiger partial charge is 0.336 e. The summed E-state index contributed by atoms with van der Waals surface area (Å²) in [5.74, 6) is 0.107. The molecule has 5 nitrogen and oxygen atoms in total. The molecule has 4 rings (SSSR count). The Morgan fingerprint density at radius 2 is 2.15 bits per heavy atom. The first-order chi connectivity index (χ1) is 12.7. The molecule has 0 aliphatic carbocycles. The first-order valence-corrected chi connectivity index (χ1v) is 9.41. The fourth-order valence-electron chi connectivity index (χ4n) is 3.74. The first-order valence-electron chi connectivity index (χ1n) is 9.41. The van der Waals surface area contributed by atoms with E-state index in [9.17, 15) is 4.79 Å². The van der Waals surface area contributed by atoms with Gasteiger partial charge in [0.15, 0.2) is 0 Å². The minimum absolute atomic E-state index is 0.107. The summed E-state index contributed by atoms with van der Waals surface area (Å²) in [6, 6.07) is 10.1. The molecule has 2 aromatic heterocycles. The van der Waals surface area contributed by atoms with Gasteiger partial charge >= 0.3 is 0 Å². The number of aromatic nitrogens is 3. The monoisotopic (exact) mass is 348 g/mol. The minimum atomic E-state index is 0.107. The van der Waals surface area contributed by atoms with Crippen molar-refractivity contribution in [2.24, 2.45) is 0 Å². The Morgan fingerprint density at radius 3 is 2.92 bits per heavy atom. The Morgan fingerprint density at radius 1 is 1.31 bits per heavy atom. The van der Waals surface area contributed by atoms with Gasteiger partial charge in [0.05, 0.1) is 23.0 Å². The number of nitrogens with zero attached hydrogens (tertiary/aromatic N) is 4. The first kappa shape index (κ1) is 16.8. The summed E-state index contributed by atoms with van der Waals surface area (Å²) in [4.78, 5) is 20.0. The van der Waals surface area contributed by atoms with Gasteiger partial charge in [0, 0.05) is 36.3 Å². The number of rotatable bonds is 4. The van der Waals surface area contributed by atoms with Crippen molar-refractivity contribution < 1.29 is 4.79 Å². The van der Waals surface area contributed by atoms with Crippen LogP contribution in [0.3, 0.4) is 0 Å². The maximum atomic E-state index is 13.2. The van der Waals surface area contributed by atoms with E-state index in [0.717, 1.165) is 60.1 Å². The maximum absolute atomic E-state index is 13.2. The topological polar surface area (TPSA) is 51.0 Å². The Balaban J connectivity index is 1.81. The lowest BCUT2D eigenvalue weighted by atomic mass is 10.0. The van der Waals surface area contributed by atoms with Crippen molar-refractivity contribution in [2.45, 2.75) is 45.7 Å². The molecule has 1 amide bonds. The number of para-hydroxylation sites is 1. The molecule has 0 N–H and O–H groups in total. The van der Waals surface area contributed by atoms with Gasteiger partial charge in [-0.3, -0.25) is 9.48 Å². The Labute approximate surface area is 153 Å². The van der Waals surface area contributed by atoms with Crippen LogP contribution in [0.15, 0.2) is 42.7 Å². The quantitative estimate of drug-likeness (QED) is 0.712. The van der Waals surface area contributed by atoms with Crippen LogP contribution in [0.25, 0.3) is 22.2 Å². The number of hydrogen-bond acceptors (Lipinski definition) is 3. The molecular formula is C21H24N4O. The Hall–Kier alpha value is -2.69. The van der Waals surface area contributed by atoms with E-state index in [1.807, 2.05) is 52.3 Å². The van der Waals surface area contributed by atoms with Crippen molar-refractivity contribution in [1.82, 2.24) is 19.7 Å². The van der Waals surface area contributed by atoms with E-state index >= 15 is 0 Å². The molecule has 1 aliphatic rings. The maximum Gasteiger partial charge on any atom is 0.254 e. The number of aryl methyl sites for hydroxylation is 1. The number of fused-ring (bicyclic) bond motifs is 1. The average molecular weight is 348 g/mol. The highest BCUT2D eigenvalue weighted by Gasteiger charge is 2.27. The van der Waals surface area contributed by atoms with E-state index in [0.29, 0.717) is 6.04 Å². The molecule has 0 radical (unpaired) electrons. The molecule has 134 valence electrons. The van der Waals surface area contributed by atoms with Crippen LogP contribution in [0.5, 0.6) is 0 Å². The summed E-state index contributed by atoms with van der Waals surface area (Å²) in [5, 5.41) is 5.33. The molecule has 1 aromatic carbocycles. The zero-order valence-corrected chi connectivity index (χ0v) is 15.4. The van der Waals surface area contributed by atoms with E-state index in [2.05, 4.69) is 18.9 Å². The van der Waals surface area contributed by atoms with Crippen molar-refractivity contribution in [1.29, 1.82) is 0 Å². The summed E-state index contributed by atoms with van der Waals surface area (Å²) in [5.41, 5.74) is 3.35. The highest BCUT2D eigenvalue weighted by Crippen LogP contribution is 2.28. The molecule has 1 aliphatic heterocycles. The second kappa shape index (κ2) is 6.90. The van der Waals surface area contributed by atoms with E-state index in [1.54, 1.807) is 0 Å². The van der Waals surface area contributed by atoms with Gasteiger partial charge in [-0.15, -0.1) is 0 Å². The van der Waals surface area contributed by atoms with E-state index in [-0.39, 0.29) is 5.91 Å². The highest BCUT2D eigenvalue weighted by molar-refractivity contribution is 6.07. The van der Waals surface area contributed by atoms with Gasteiger partial charge in [0.25, 0.3) is 5.91 Å². The number of benzene rings is 1. The van der Waals surface area contributed by atoms with E-state index < -0.39 is 0 Å². The smallest absolute Gasteiger partial charge is 0.254 e. The molecule has 1 atom stereocenters. The molecule has 0 saturated carbocycles. The van der Waals surface area contributed by atoms with Crippen molar-refractivity contribution in [3.8, 4) is 11.3 Å². The molecule has 0 bridgehead atoms. The molecule has 1 saturated heterocycles. The molecule has 3 heterocycles. The molecule has 0 spiro atoms. The fraction of sp³-hybridized carbons (Fsp3) is 0.381. The summed E-state index contributed by atoms with van der Waals surface area (Å²) in [7, 11) is 0. The number of amides is 1. The molecule has 5 heteroatoms. The fourth-order valence-corrected chi connectivity index (χ4v) is 3.74. The van der Waals surface area contributed by atoms with Crippen LogP contribution in [0.2, 0.25) is 0 Å². The Bertz CT molecular complexity index is 946. The second-order valence-electron chi connectivity index (χ2n) is 7.05. The van der Waals surface area contributed by atoms with Crippen LogP contribution in [-0.4, -0.2) is 38.2 Å². The summed E-state index contributed by atoms with van der Waals surface area (Å²) < 4.78 is 1.93. The zero-order chi connectivity index (χ0) is 18.1. The van der Waals surface area contributed by atoms with Crippen molar-refractivity contribution in [3.63, 3.8) is 0 Å². The summed E-state index contributed by atoms with van der Waals surface area (Å²) in [6.07, 6.45) is 7.02. The van der Waals surface area contributed by atoms with Crippen LogP contribution in [0.4, 0.5) is 0 Å². The van der Waals surface area contributed by atoms with E-state index in [1.165, 1.54) is 0 Å². The van der Waals surface area contributed by atoms with Crippen molar-refractivity contribution >= 4 is 16.8 Å². The standard InChI is InChI=1S/C21H24N4O/c1-3-10-24-14-16(13-22-24)20-12-18(17-8-4-5-9-19(17)23-20)21(26)25-11-6-7-15(25)2/h4-5,8-9,12-15H,3,6-7,10-11H2,1-2H3/t15-/m0/s1. The molecule has 3 aromatic rings. The third-order valence-electron chi connectivity index (χ3n) is 5.14. The van der Waals surface area contributed by atoms with Crippen LogP contribution in [0, 0.1) is 0 Å². The number of pyridine rings is 1. The summed E-state index contributed by atoms with van der Waals surface area (Å²) in [6.45, 7) is 5.97. The zero-order valence-electron chi connectivity index (χ0n) is 15.4.